The van der Waals surface area contributed by atoms with Crippen molar-refractivity contribution in [3.05, 3.63) is 54.1 Å². The lowest BCUT2D eigenvalue weighted by Crippen LogP contribution is -1.95. The van der Waals surface area contributed by atoms with Crippen LogP contribution in [0.25, 0.3) is 22.4 Å². The summed E-state index contributed by atoms with van der Waals surface area (Å²) in [5, 5.41) is 0. The van der Waals surface area contributed by atoms with E-state index in [0.717, 1.165) is 17.1 Å². The minimum Gasteiger partial charge on any atom is -0.327 e. The molecule has 1 aromatic heterocycles. The zero-order valence-corrected chi connectivity index (χ0v) is 9.69. The predicted molar refractivity (Wildman–Crippen MR) is 66.1 cm³/mol. The van der Waals surface area contributed by atoms with Crippen LogP contribution in [0.3, 0.4) is 0 Å². The van der Waals surface area contributed by atoms with Crippen LogP contribution < -0.4 is 0 Å². The lowest BCUT2D eigenvalue weighted by molar-refractivity contribution is 0.584. The van der Waals surface area contributed by atoms with Gasteiger partial charge in [-0.05, 0) is 24.3 Å². The van der Waals surface area contributed by atoms with Crippen molar-refractivity contribution in [3.8, 4) is 11.4 Å². The van der Waals surface area contributed by atoms with Crippen LogP contribution in [0.5, 0.6) is 0 Å². The minimum absolute atomic E-state index is 0.301. The first-order valence-corrected chi connectivity index (χ1v) is 5.53. The number of aromatic nitrogens is 2. The molecule has 0 aliphatic heterocycles. The van der Waals surface area contributed by atoms with Crippen molar-refractivity contribution in [3.63, 3.8) is 0 Å². The number of hydrogen-bond acceptors (Lipinski definition) is 1. The summed E-state index contributed by atoms with van der Waals surface area (Å²) in [5.74, 6) is -0.697. The van der Waals surface area contributed by atoms with E-state index in [1.807, 2.05) is 31.3 Å². The summed E-state index contributed by atoms with van der Waals surface area (Å²) in [6.07, 6.45) is 0. The van der Waals surface area contributed by atoms with Gasteiger partial charge in [0.1, 0.15) is 17.5 Å². The number of imidazole rings is 1. The van der Waals surface area contributed by atoms with Crippen LogP contribution in [0.2, 0.25) is 0 Å². The van der Waals surface area contributed by atoms with Gasteiger partial charge in [-0.15, -0.1) is 0 Å². The van der Waals surface area contributed by atoms with Gasteiger partial charge in [-0.2, -0.15) is 0 Å². The van der Waals surface area contributed by atoms with Crippen LogP contribution in [0.1, 0.15) is 0 Å². The maximum absolute atomic E-state index is 13.8. The molecule has 0 fully saturated rings. The highest BCUT2D eigenvalue weighted by atomic mass is 19.1. The van der Waals surface area contributed by atoms with Gasteiger partial charge in [0.05, 0.1) is 16.6 Å². The first-order chi connectivity index (χ1) is 8.66. The molecule has 0 unspecified atom stereocenters. The van der Waals surface area contributed by atoms with E-state index in [4.69, 9.17) is 0 Å². The third-order valence-electron chi connectivity index (χ3n) is 2.96. The Kier molecular flexibility index (Phi) is 2.37. The second-order valence-corrected chi connectivity index (χ2v) is 4.11. The molecule has 0 radical (unpaired) electrons. The summed E-state index contributed by atoms with van der Waals surface area (Å²) in [6.45, 7) is 0. The van der Waals surface area contributed by atoms with Crippen molar-refractivity contribution in [2.75, 3.05) is 0 Å². The van der Waals surface area contributed by atoms with Gasteiger partial charge < -0.3 is 4.57 Å². The van der Waals surface area contributed by atoms with Gasteiger partial charge in [-0.25, -0.2) is 13.8 Å². The summed E-state index contributed by atoms with van der Waals surface area (Å²) in [7, 11) is 1.81. The normalized spacial score (nSPS) is 11.1. The molecule has 0 aliphatic rings. The zero-order chi connectivity index (χ0) is 12.7. The van der Waals surface area contributed by atoms with Gasteiger partial charge in [0, 0.05) is 13.1 Å². The molecule has 1 heterocycles. The molecule has 0 saturated carbocycles. The number of nitrogens with zero attached hydrogens (tertiary/aromatic N) is 2. The molecule has 2 aromatic carbocycles. The molecule has 18 heavy (non-hydrogen) atoms. The van der Waals surface area contributed by atoms with E-state index in [1.165, 1.54) is 12.1 Å². The number of hydrogen-bond donors (Lipinski definition) is 0. The monoisotopic (exact) mass is 244 g/mol. The Hall–Kier alpha value is -2.23. The molecule has 0 N–H and O–H groups in total. The average molecular weight is 244 g/mol. The molecule has 0 aliphatic carbocycles. The van der Waals surface area contributed by atoms with Gasteiger partial charge >= 0.3 is 0 Å². The van der Waals surface area contributed by atoms with E-state index < -0.39 is 11.6 Å². The van der Waals surface area contributed by atoms with Crippen LogP contribution in [-0.2, 0) is 7.05 Å². The summed E-state index contributed by atoms with van der Waals surface area (Å²) in [4.78, 5) is 4.37. The summed E-state index contributed by atoms with van der Waals surface area (Å²) < 4.78 is 28.4. The van der Waals surface area contributed by atoms with E-state index in [-0.39, 0.29) is 0 Å². The smallest absolute Gasteiger partial charge is 0.143 e. The second-order valence-electron chi connectivity index (χ2n) is 4.11. The number of fused-ring (bicyclic) bond motifs is 1. The zero-order valence-electron chi connectivity index (χ0n) is 9.69. The van der Waals surface area contributed by atoms with Gasteiger partial charge in [0.25, 0.3) is 0 Å². The van der Waals surface area contributed by atoms with Crippen molar-refractivity contribution in [1.82, 2.24) is 9.55 Å². The lowest BCUT2D eigenvalue weighted by atomic mass is 10.2. The van der Waals surface area contributed by atoms with E-state index in [0.29, 0.717) is 11.4 Å². The molecule has 0 spiro atoms. The fraction of sp³-hybridized carbons (Fsp3) is 0.0714. The van der Waals surface area contributed by atoms with Crippen molar-refractivity contribution >= 4 is 11.0 Å². The highest BCUT2D eigenvalue weighted by molar-refractivity contribution is 5.80. The molecule has 0 bridgehead atoms. The molecule has 3 aromatic rings. The summed E-state index contributed by atoms with van der Waals surface area (Å²) in [6, 6.07) is 11.1. The van der Waals surface area contributed by atoms with Gasteiger partial charge in [0.2, 0.25) is 0 Å². The Morgan fingerprint density at radius 1 is 1.06 bits per heavy atom. The van der Waals surface area contributed by atoms with Crippen LogP contribution >= 0.6 is 0 Å². The molecule has 4 heteroatoms. The maximum atomic E-state index is 13.8. The average Bonchev–Trinajstić information content (AvgIpc) is 2.68. The number of benzene rings is 2. The van der Waals surface area contributed by atoms with Crippen molar-refractivity contribution in [2.45, 2.75) is 0 Å². The molecular formula is C14H10F2N2. The van der Waals surface area contributed by atoms with Crippen LogP contribution in [0.15, 0.2) is 42.5 Å². The second kappa shape index (κ2) is 3.91. The number of para-hydroxylation sites is 2. The first-order valence-electron chi connectivity index (χ1n) is 5.53. The maximum Gasteiger partial charge on any atom is 0.143 e. The summed E-state index contributed by atoms with van der Waals surface area (Å²) >= 11 is 0. The van der Waals surface area contributed by atoms with Crippen molar-refractivity contribution < 1.29 is 8.78 Å². The number of halogens is 2. The predicted octanol–water partition coefficient (Wildman–Crippen LogP) is 3.52. The minimum atomic E-state index is -0.603. The van der Waals surface area contributed by atoms with Gasteiger partial charge in [-0.1, -0.05) is 12.1 Å². The Morgan fingerprint density at radius 3 is 2.56 bits per heavy atom. The molecule has 2 nitrogen and oxygen atoms in total. The number of aryl methyl sites for hydroxylation is 1. The fourth-order valence-electron chi connectivity index (χ4n) is 2.06. The molecule has 0 atom stereocenters. The van der Waals surface area contributed by atoms with Crippen LogP contribution in [0, 0.1) is 11.6 Å². The van der Waals surface area contributed by atoms with Crippen LogP contribution in [-0.4, -0.2) is 9.55 Å². The lowest BCUT2D eigenvalue weighted by Gasteiger charge is -2.03. The SMILES string of the molecule is Cn1c(-c2ccc(F)cc2F)nc2ccccc21. The van der Waals surface area contributed by atoms with E-state index in [9.17, 15) is 8.78 Å². The Bertz CT molecular complexity index is 732. The number of rotatable bonds is 1. The molecule has 0 saturated heterocycles. The Balaban J connectivity index is 2.28. The highest BCUT2D eigenvalue weighted by Gasteiger charge is 2.13. The quantitative estimate of drug-likeness (QED) is 0.640. The van der Waals surface area contributed by atoms with Gasteiger partial charge in [0.15, 0.2) is 0 Å². The van der Waals surface area contributed by atoms with E-state index >= 15 is 0 Å². The Labute approximate surface area is 103 Å². The molecular weight excluding hydrogens is 234 g/mol. The third-order valence-corrected chi connectivity index (χ3v) is 2.96. The first kappa shape index (κ1) is 10.9. The topological polar surface area (TPSA) is 17.8 Å². The fourth-order valence-corrected chi connectivity index (χ4v) is 2.06. The third kappa shape index (κ3) is 1.57. The molecule has 3 rings (SSSR count). The van der Waals surface area contributed by atoms with Gasteiger partial charge in [-0.3, -0.25) is 0 Å². The van der Waals surface area contributed by atoms with Crippen LogP contribution in [0.4, 0.5) is 8.78 Å². The van der Waals surface area contributed by atoms with E-state index in [1.54, 1.807) is 4.57 Å². The molecule has 90 valence electrons. The highest BCUT2D eigenvalue weighted by Crippen LogP contribution is 2.25. The largest absolute Gasteiger partial charge is 0.327 e. The molecule has 0 amide bonds. The van der Waals surface area contributed by atoms with Crippen molar-refractivity contribution in [2.24, 2.45) is 7.05 Å². The van der Waals surface area contributed by atoms with E-state index in [2.05, 4.69) is 4.98 Å². The Morgan fingerprint density at radius 2 is 1.83 bits per heavy atom. The summed E-state index contributed by atoms with van der Waals surface area (Å²) in [5.41, 5.74) is 2.00. The van der Waals surface area contributed by atoms with Crippen molar-refractivity contribution in [1.29, 1.82) is 0 Å². The standard InChI is InChI=1S/C14H10F2N2/c1-18-13-5-3-2-4-12(13)17-14(18)10-7-6-9(15)8-11(10)16/h2-8H,1H3.